The minimum atomic E-state index is -0.465. The lowest BCUT2D eigenvalue weighted by Gasteiger charge is -2.33. The Bertz CT molecular complexity index is 1310. The Labute approximate surface area is 201 Å². The van der Waals surface area contributed by atoms with Crippen molar-refractivity contribution in [1.29, 1.82) is 0 Å². The zero-order valence-electron chi connectivity index (χ0n) is 18.1. The van der Waals surface area contributed by atoms with Gasteiger partial charge in [-0.1, -0.05) is 71.9 Å². The molecule has 1 aromatic heterocycles. The summed E-state index contributed by atoms with van der Waals surface area (Å²) in [6, 6.07) is 23.0. The molecule has 0 fully saturated rings. The highest BCUT2D eigenvalue weighted by atomic mass is 35.5. The number of hydrogen-bond donors (Lipinski definition) is 2. The smallest absolute Gasteiger partial charge is 0.240 e. The largest absolute Gasteiger partial charge is 0.325 e. The van der Waals surface area contributed by atoms with Crippen molar-refractivity contribution in [3.63, 3.8) is 0 Å². The Hall–Kier alpha value is -3.29. The summed E-state index contributed by atoms with van der Waals surface area (Å²) < 4.78 is 1.86. The van der Waals surface area contributed by atoms with Gasteiger partial charge in [0.05, 0.1) is 6.04 Å². The lowest BCUT2D eigenvalue weighted by Crippen LogP contribution is -2.41. The van der Waals surface area contributed by atoms with Gasteiger partial charge in [-0.2, -0.15) is 0 Å². The number of carbonyl (C=O) groups excluding carboxylic acids is 1. The Morgan fingerprint density at radius 2 is 1.76 bits per heavy atom. The molecule has 8 heteroatoms. The van der Waals surface area contributed by atoms with Crippen molar-refractivity contribution in [3.05, 3.63) is 94.5 Å². The van der Waals surface area contributed by atoms with Gasteiger partial charge < -0.3 is 10.7 Å². The number of rotatable bonds is 4. The number of benzene rings is 3. The minimum absolute atomic E-state index is 0.105. The van der Waals surface area contributed by atoms with Crippen molar-refractivity contribution in [3.8, 4) is 11.4 Å². The second kappa shape index (κ2) is 8.92. The molecule has 2 N–H and O–H groups in total. The lowest BCUT2D eigenvalue weighted by atomic mass is 10.0. The van der Waals surface area contributed by atoms with Crippen LogP contribution in [0.4, 0.5) is 5.69 Å². The Kier molecular flexibility index (Phi) is 5.83. The summed E-state index contributed by atoms with van der Waals surface area (Å²) >= 11 is 7.52. The number of halogens is 1. The van der Waals surface area contributed by atoms with Crippen LogP contribution in [0.15, 0.2) is 78.0 Å². The first-order valence-electron chi connectivity index (χ1n) is 10.6. The monoisotopic (exact) mass is 475 g/mol. The zero-order chi connectivity index (χ0) is 22.9. The number of nitrogens with one attached hydrogen (secondary N) is 2. The van der Waals surface area contributed by atoms with Crippen LogP contribution in [0.5, 0.6) is 0 Å². The first kappa shape index (κ1) is 21.6. The maximum absolute atomic E-state index is 13.4. The van der Waals surface area contributed by atoms with Gasteiger partial charge in [-0.3, -0.25) is 4.79 Å². The van der Waals surface area contributed by atoms with Crippen LogP contribution in [-0.2, 0) is 4.79 Å². The van der Waals surface area contributed by atoms with Crippen molar-refractivity contribution < 1.29 is 4.79 Å². The predicted molar refractivity (Wildman–Crippen MR) is 133 cm³/mol. The van der Waals surface area contributed by atoms with Gasteiger partial charge in [0.15, 0.2) is 5.82 Å². The number of thioether (sulfide) groups is 1. The van der Waals surface area contributed by atoms with E-state index in [-0.39, 0.29) is 11.9 Å². The molecule has 2 atom stereocenters. The van der Waals surface area contributed by atoms with Gasteiger partial charge in [0.2, 0.25) is 11.1 Å². The second-order valence-electron chi connectivity index (χ2n) is 7.99. The first-order chi connectivity index (χ1) is 16.0. The van der Waals surface area contributed by atoms with Crippen molar-refractivity contribution in [1.82, 2.24) is 14.9 Å². The highest BCUT2D eigenvalue weighted by Gasteiger charge is 2.38. The third kappa shape index (κ3) is 4.34. The van der Waals surface area contributed by atoms with Crippen LogP contribution in [0.25, 0.3) is 11.4 Å². The summed E-state index contributed by atoms with van der Waals surface area (Å²) in [7, 11) is 0. The number of hydrogen-bond acceptors (Lipinski definition) is 5. The van der Waals surface area contributed by atoms with Crippen LogP contribution in [0.2, 0.25) is 5.02 Å². The maximum Gasteiger partial charge on any atom is 0.240 e. The number of nitrogens with zero attached hydrogens (tertiary/aromatic N) is 3. The van der Waals surface area contributed by atoms with E-state index in [1.807, 2.05) is 84.4 Å². The summed E-state index contributed by atoms with van der Waals surface area (Å²) in [5, 5.41) is 12.6. The molecular weight excluding hydrogens is 454 g/mol. The summed E-state index contributed by atoms with van der Waals surface area (Å²) in [5.41, 5.74) is 8.46. The molecule has 0 spiro atoms. The fraction of sp³-hybridized carbons (Fsp3) is 0.160. The van der Waals surface area contributed by atoms with Crippen molar-refractivity contribution in [2.24, 2.45) is 0 Å². The molecular formula is C25H22ClN5OS. The van der Waals surface area contributed by atoms with E-state index in [0.717, 1.165) is 22.4 Å². The number of carbonyl (C=O) groups is 1. The number of fused-ring (bicyclic) bond motifs is 1. The van der Waals surface area contributed by atoms with Gasteiger partial charge in [0.25, 0.3) is 0 Å². The standard InChI is InChI=1S/C25H22ClN5OS/c1-15-8-13-20(14-16(15)2)27-24(32)22-21(17-9-11-19(26)12-10-17)30-31-23(28-29-25(31)33-22)18-6-4-3-5-7-18/h3-14,21-22,30H,1-2H3,(H,27,32)/t21-,22+/m1/s1. The van der Waals surface area contributed by atoms with Crippen molar-refractivity contribution >= 4 is 35.0 Å². The van der Waals surface area contributed by atoms with E-state index in [1.54, 1.807) is 0 Å². The van der Waals surface area contributed by atoms with Gasteiger partial charge in [0.1, 0.15) is 5.25 Å². The van der Waals surface area contributed by atoms with E-state index in [4.69, 9.17) is 11.6 Å². The van der Waals surface area contributed by atoms with Crippen molar-refractivity contribution in [2.75, 3.05) is 10.7 Å². The highest BCUT2D eigenvalue weighted by Crippen LogP contribution is 2.39. The quantitative estimate of drug-likeness (QED) is 0.401. The van der Waals surface area contributed by atoms with E-state index in [9.17, 15) is 4.79 Å². The molecule has 2 heterocycles. The summed E-state index contributed by atoms with van der Waals surface area (Å²) in [6.45, 7) is 4.08. The molecule has 0 saturated heterocycles. The van der Waals surface area contributed by atoms with E-state index in [2.05, 4.69) is 27.9 Å². The summed E-state index contributed by atoms with van der Waals surface area (Å²) in [6.07, 6.45) is 0. The molecule has 0 bridgehead atoms. The average molecular weight is 476 g/mol. The third-order valence-corrected chi connectivity index (χ3v) is 7.20. The van der Waals surface area contributed by atoms with Crippen LogP contribution in [0.1, 0.15) is 22.7 Å². The molecule has 1 amide bonds. The van der Waals surface area contributed by atoms with E-state index < -0.39 is 5.25 Å². The maximum atomic E-state index is 13.4. The Balaban J connectivity index is 1.50. The summed E-state index contributed by atoms with van der Waals surface area (Å²) in [5.74, 6) is 0.594. The normalized spacial score (nSPS) is 17.2. The molecule has 3 aromatic carbocycles. The van der Waals surface area contributed by atoms with E-state index in [1.165, 1.54) is 17.3 Å². The average Bonchev–Trinajstić information content (AvgIpc) is 3.25. The van der Waals surface area contributed by atoms with Crippen LogP contribution < -0.4 is 10.7 Å². The minimum Gasteiger partial charge on any atom is -0.325 e. The fourth-order valence-corrected chi connectivity index (χ4v) is 4.99. The molecule has 0 unspecified atom stereocenters. The van der Waals surface area contributed by atoms with Crippen LogP contribution in [-0.4, -0.2) is 26.0 Å². The molecule has 166 valence electrons. The molecule has 4 aromatic rings. The number of amides is 1. The van der Waals surface area contributed by atoms with Gasteiger partial charge in [-0.25, -0.2) is 4.68 Å². The molecule has 1 aliphatic rings. The topological polar surface area (TPSA) is 71.8 Å². The molecule has 6 nitrogen and oxygen atoms in total. The highest BCUT2D eigenvalue weighted by molar-refractivity contribution is 8.00. The van der Waals surface area contributed by atoms with Gasteiger partial charge >= 0.3 is 0 Å². The van der Waals surface area contributed by atoms with Crippen LogP contribution in [0, 0.1) is 13.8 Å². The SMILES string of the molecule is Cc1ccc(NC(=O)[C@H]2Sc3nnc(-c4ccccc4)n3N[C@@H]2c2ccc(Cl)cc2)cc1C. The van der Waals surface area contributed by atoms with Gasteiger partial charge in [-0.05, 0) is 54.8 Å². The Morgan fingerprint density at radius 1 is 1.00 bits per heavy atom. The fourth-order valence-electron chi connectivity index (χ4n) is 3.78. The summed E-state index contributed by atoms with van der Waals surface area (Å²) in [4.78, 5) is 13.4. The molecule has 5 rings (SSSR count). The second-order valence-corrected chi connectivity index (χ2v) is 9.54. The molecule has 0 radical (unpaired) electrons. The van der Waals surface area contributed by atoms with Crippen LogP contribution in [0.3, 0.4) is 0 Å². The predicted octanol–water partition coefficient (Wildman–Crippen LogP) is 5.61. The number of anilines is 1. The molecule has 1 aliphatic heterocycles. The van der Waals surface area contributed by atoms with E-state index in [0.29, 0.717) is 16.0 Å². The lowest BCUT2D eigenvalue weighted by molar-refractivity contribution is -0.116. The van der Waals surface area contributed by atoms with Crippen LogP contribution >= 0.6 is 23.4 Å². The number of aryl methyl sites for hydroxylation is 2. The van der Waals surface area contributed by atoms with Gasteiger partial charge in [0, 0.05) is 16.3 Å². The van der Waals surface area contributed by atoms with Gasteiger partial charge in [-0.15, -0.1) is 10.2 Å². The first-order valence-corrected chi connectivity index (χ1v) is 11.8. The molecule has 33 heavy (non-hydrogen) atoms. The number of aromatic nitrogens is 3. The third-order valence-electron chi connectivity index (χ3n) is 5.73. The van der Waals surface area contributed by atoms with Crippen molar-refractivity contribution in [2.45, 2.75) is 30.3 Å². The zero-order valence-corrected chi connectivity index (χ0v) is 19.7. The molecule has 0 aliphatic carbocycles. The Morgan fingerprint density at radius 3 is 2.48 bits per heavy atom. The van der Waals surface area contributed by atoms with E-state index >= 15 is 0 Å². The molecule has 0 saturated carbocycles.